The molecule has 0 radical (unpaired) electrons. The third-order valence-electron chi connectivity index (χ3n) is 2.18. The van der Waals surface area contributed by atoms with Gasteiger partial charge in [-0.15, -0.1) is 0 Å². The van der Waals surface area contributed by atoms with Crippen molar-refractivity contribution in [3.8, 4) is 5.69 Å². The summed E-state index contributed by atoms with van der Waals surface area (Å²) in [5.41, 5.74) is 5.69. The topological polar surface area (TPSA) is 43.8 Å². The van der Waals surface area contributed by atoms with Crippen molar-refractivity contribution in [2.75, 3.05) is 5.73 Å². The first-order valence-corrected chi connectivity index (χ1v) is 5.33. The molecule has 0 spiro atoms. The van der Waals surface area contributed by atoms with Crippen LogP contribution in [0.1, 0.15) is 12.0 Å². The van der Waals surface area contributed by atoms with Gasteiger partial charge in [0.25, 0.3) is 6.43 Å². The molecule has 1 heterocycles. The van der Waals surface area contributed by atoms with Gasteiger partial charge in [-0.3, -0.25) is 0 Å². The van der Waals surface area contributed by atoms with Crippen molar-refractivity contribution < 1.29 is 8.78 Å². The summed E-state index contributed by atoms with van der Waals surface area (Å²) >= 11 is 11.8. The van der Waals surface area contributed by atoms with E-state index >= 15 is 0 Å². The minimum absolute atomic E-state index is 0.0724. The number of hydrogen-bond donors (Lipinski definition) is 1. The predicted molar refractivity (Wildman–Crippen MR) is 63.0 cm³/mol. The average molecular weight is 278 g/mol. The SMILES string of the molecule is Nc1ccnn1-c1c(Cl)cc(C(F)F)cc1Cl. The summed E-state index contributed by atoms with van der Waals surface area (Å²) in [4.78, 5) is 0. The molecule has 0 bridgehead atoms. The van der Waals surface area contributed by atoms with Crippen LogP contribution < -0.4 is 5.73 Å². The van der Waals surface area contributed by atoms with Crippen LogP contribution in [0.3, 0.4) is 0 Å². The first kappa shape index (κ1) is 12.1. The summed E-state index contributed by atoms with van der Waals surface area (Å²) in [6.07, 6.45) is -1.17. The number of nitrogens with zero attached hydrogens (tertiary/aromatic N) is 2. The zero-order valence-corrected chi connectivity index (χ0v) is 9.88. The molecule has 0 fully saturated rings. The highest BCUT2D eigenvalue weighted by Gasteiger charge is 2.16. The minimum atomic E-state index is -2.63. The molecule has 2 rings (SSSR count). The van der Waals surface area contributed by atoms with Crippen molar-refractivity contribution >= 4 is 29.0 Å². The molecule has 17 heavy (non-hydrogen) atoms. The number of hydrogen-bond acceptors (Lipinski definition) is 2. The Kier molecular flexibility index (Phi) is 3.22. The van der Waals surface area contributed by atoms with Gasteiger partial charge >= 0.3 is 0 Å². The van der Waals surface area contributed by atoms with Crippen molar-refractivity contribution in [3.63, 3.8) is 0 Å². The van der Waals surface area contributed by atoms with Gasteiger partial charge in [0.05, 0.1) is 16.2 Å². The van der Waals surface area contributed by atoms with Crippen LogP contribution in [0.15, 0.2) is 24.4 Å². The molecule has 1 aromatic heterocycles. The summed E-state index contributed by atoms with van der Waals surface area (Å²) in [5, 5.41) is 4.06. The Morgan fingerprint density at radius 1 is 1.24 bits per heavy atom. The molecule has 0 aliphatic carbocycles. The molecule has 90 valence electrons. The Labute approximate surface area is 106 Å². The lowest BCUT2D eigenvalue weighted by molar-refractivity contribution is 0.151. The molecule has 3 nitrogen and oxygen atoms in total. The van der Waals surface area contributed by atoms with E-state index in [-0.39, 0.29) is 15.6 Å². The highest BCUT2D eigenvalue weighted by Crippen LogP contribution is 2.34. The van der Waals surface area contributed by atoms with E-state index in [0.717, 1.165) is 12.1 Å². The second-order valence-corrected chi connectivity index (χ2v) is 4.12. The summed E-state index contributed by atoms with van der Waals surface area (Å²) in [6, 6.07) is 3.84. The Bertz CT molecular complexity index is 531. The van der Waals surface area contributed by atoms with E-state index in [2.05, 4.69) is 5.10 Å². The Balaban J connectivity index is 2.61. The van der Waals surface area contributed by atoms with Gasteiger partial charge in [0, 0.05) is 11.6 Å². The maximum Gasteiger partial charge on any atom is 0.263 e. The highest BCUT2D eigenvalue weighted by atomic mass is 35.5. The first-order chi connectivity index (χ1) is 8.00. The van der Waals surface area contributed by atoms with Crippen LogP contribution in [-0.4, -0.2) is 9.78 Å². The molecule has 2 aromatic rings. The third kappa shape index (κ3) is 2.21. The molecule has 0 aliphatic rings. The van der Waals surface area contributed by atoms with Gasteiger partial charge in [0.15, 0.2) is 0 Å². The monoisotopic (exact) mass is 277 g/mol. The first-order valence-electron chi connectivity index (χ1n) is 4.57. The molecular formula is C10H7Cl2F2N3. The van der Waals surface area contributed by atoms with Crippen LogP contribution in [0, 0.1) is 0 Å². The number of alkyl halides is 2. The molecule has 7 heteroatoms. The highest BCUT2D eigenvalue weighted by molar-refractivity contribution is 6.37. The van der Waals surface area contributed by atoms with E-state index in [1.54, 1.807) is 6.07 Å². The van der Waals surface area contributed by atoms with Crippen molar-refractivity contribution in [2.24, 2.45) is 0 Å². The lowest BCUT2D eigenvalue weighted by atomic mass is 10.2. The zero-order chi connectivity index (χ0) is 12.6. The standard InChI is InChI=1S/C10H7Cl2F2N3/c11-6-3-5(10(13)14)4-7(12)9(6)17-8(15)1-2-16-17/h1-4,10H,15H2. The number of nitrogens with two attached hydrogens (primary N) is 1. The fourth-order valence-electron chi connectivity index (χ4n) is 1.41. The van der Waals surface area contributed by atoms with Crippen LogP contribution in [-0.2, 0) is 0 Å². The van der Waals surface area contributed by atoms with Crippen LogP contribution in [0.2, 0.25) is 10.0 Å². The van der Waals surface area contributed by atoms with Crippen LogP contribution in [0.5, 0.6) is 0 Å². The Morgan fingerprint density at radius 3 is 2.24 bits per heavy atom. The van der Waals surface area contributed by atoms with Gasteiger partial charge in [0.2, 0.25) is 0 Å². The van der Waals surface area contributed by atoms with E-state index in [4.69, 9.17) is 28.9 Å². The zero-order valence-electron chi connectivity index (χ0n) is 8.37. The van der Waals surface area contributed by atoms with Crippen molar-refractivity contribution in [1.29, 1.82) is 0 Å². The second-order valence-electron chi connectivity index (χ2n) is 3.30. The van der Waals surface area contributed by atoms with Crippen LogP contribution >= 0.6 is 23.2 Å². The van der Waals surface area contributed by atoms with E-state index in [0.29, 0.717) is 11.5 Å². The minimum Gasteiger partial charge on any atom is -0.384 e. The third-order valence-corrected chi connectivity index (χ3v) is 2.75. The summed E-state index contributed by atoms with van der Waals surface area (Å²) < 4.78 is 26.3. The molecule has 0 unspecified atom stereocenters. The smallest absolute Gasteiger partial charge is 0.263 e. The molecule has 2 N–H and O–H groups in total. The van der Waals surface area contributed by atoms with E-state index in [1.165, 1.54) is 10.9 Å². The number of halogens is 4. The number of nitrogen functional groups attached to an aromatic ring is 1. The van der Waals surface area contributed by atoms with Crippen molar-refractivity contribution in [2.45, 2.75) is 6.43 Å². The van der Waals surface area contributed by atoms with Gasteiger partial charge in [0.1, 0.15) is 11.5 Å². The number of aromatic nitrogens is 2. The quantitative estimate of drug-likeness (QED) is 0.910. The average Bonchev–Trinajstić information content (AvgIpc) is 2.64. The maximum absolute atomic E-state index is 12.5. The Hall–Kier alpha value is -1.33. The fraction of sp³-hybridized carbons (Fsp3) is 0.100. The molecule has 0 saturated carbocycles. The molecular weight excluding hydrogens is 271 g/mol. The number of benzene rings is 1. The molecule has 1 aromatic carbocycles. The molecule has 0 saturated heterocycles. The molecule has 0 atom stereocenters. The van der Waals surface area contributed by atoms with Gasteiger partial charge in [-0.2, -0.15) is 5.10 Å². The van der Waals surface area contributed by atoms with Crippen molar-refractivity contribution in [3.05, 3.63) is 40.0 Å². The lowest BCUT2D eigenvalue weighted by Gasteiger charge is -2.10. The van der Waals surface area contributed by atoms with E-state index in [9.17, 15) is 8.78 Å². The van der Waals surface area contributed by atoms with E-state index < -0.39 is 6.43 Å². The lowest BCUT2D eigenvalue weighted by Crippen LogP contribution is -2.03. The van der Waals surface area contributed by atoms with Gasteiger partial charge in [-0.25, -0.2) is 13.5 Å². The molecule has 0 amide bonds. The summed E-state index contributed by atoms with van der Waals surface area (Å²) in [7, 11) is 0. The Morgan fingerprint density at radius 2 is 1.82 bits per heavy atom. The van der Waals surface area contributed by atoms with Gasteiger partial charge < -0.3 is 5.73 Å². The number of rotatable bonds is 2. The summed E-state index contributed by atoms with van der Waals surface area (Å²) in [6.45, 7) is 0. The predicted octanol–water partition coefficient (Wildman–Crippen LogP) is 3.70. The van der Waals surface area contributed by atoms with Gasteiger partial charge in [-0.1, -0.05) is 23.2 Å². The van der Waals surface area contributed by atoms with Gasteiger partial charge in [-0.05, 0) is 12.1 Å². The van der Waals surface area contributed by atoms with Crippen molar-refractivity contribution in [1.82, 2.24) is 9.78 Å². The maximum atomic E-state index is 12.5. The fourth-order valence-corrected chi connectivity index (χ4v) is 2.08. The van der Waals surface area contributed by atoms with Crippen LogP contribution in [0.25, 0.3) is 5.69 Å². The number of anilines is 1. The molecule has 0 aliphatic heterocycles. The second kappa shape index (κ2) is 4.50. The normalized spacial score (nSPS) is 11.1. The largest absolute Gasteiger partial charge is 0.384 e. The van der Waals surface area contributed by atoms with Crippen LogP contribution in [0.4, 0.5) is 14.6 Å². The van der Waals surface area contributed by atoms with E-state index in [1.807, 2.05) is 0 Å². The summed E-state index contributed by atoms with van der Waals surface area (Å²) in [5.74, 6) is 0.318.